The van der Waals surface area contributed by atoms with E-state index >= 15 is 0 Å². The zero-order chi connectivity index (χ0) is 16.8. The van der Waals surface area contributed by atoms with Crippen molar-refractivity contribution in [1.82, 2.24) is 5.32 Å². The van der Waals surface area contributed by atoms with Gasteiger partial charge >= 0.3 is 0 Å². The van der Waals surface area contributed by atoms with Crippen LogP contribution in [0.2, 0.25) is 0 Å². The highest BCUT2D eigenvalue weighted by Gasteiger charge is 2.12. The molecule has 2 rings (SSSR count). The first-order valence-corrected chi connectivity index (χ1v) is 7.54. The fourth-order valence-corrected chi connectivity index (χ4v) is 2.47. The Kier molecular flexibility index (Phi) is 5.70. The van der Waals surface area contributed by atoms with E-state index in [1.165, 1.54) is 19.2 Å². The number of hydrogen-bond acceptors (Lipinski definition) is 4. The Balaban J connectivity index is 1.91. The van der Waals surface area contributed by atoms with Crippen LogP contribution < -0.4 is 10.1 Å². The molecule has 0 heterocycles. The Hall–Kier alpha value is -2.41. The summed E-state index contributed by atoms with van der Waals surface area (Å²) in [5.41, 5.74) is 0.293. The summed E-state index contributed by atoms with van der Waals surface area (Å²) < 4.78 is 31.4. The van der Waals surface area contributed by atoms with Gasteiger partial charge < -0.3 is 4.74 Å². The van der Waals surface area contributed by atoms with E-state index in [9.17, 15) is 18.4 Å². The van der Waals surface area contributed by atoms with Crippen LogP contribution in [0.25, 0.3) is 0 Å². The van der Waals surface area contributed by atoms with Crippen molar-refractivity contribution >= 4 is 23.6 Å². The molecule has 0 fully saturated rings. The SMILES string of the molecule is COc1ccc(C(=O)NC(=O)CSc2cc(F)ccc2F)cc1. The molecule has 0 aromatic heterocycles. The first-order chi connectivity index (χ1) is 11.0. The zero-order valence-electron chi connectivity index (χ0n) is 12.1. The zero-order valence-corrected chi connectivity index (χ0v) is 13.0. The average molecular weight is 337 g/mol. The molecule has 0 aliphatic rings. The lowest BCUT2D eigenvalue weighted by molar-refractivity contribution is -0.117. The fraction of sp³-hybridized carbons (Fsp3) is 0.125. The molecule has 120 valence electrons. The number of imide groups is 1. The Morgan fingerprint density at radius 2 is 1.83 bits per heavy atom. The van der Waals surface area contributed by atoms with Gasteiger partial charge in [-0.1, -0.05) is 0 Å². The third kappa shape index (κ3) is 4.79. The monoisotopic (exact) mass is 337 g/mol. The van der Waals surface area contributed by atoms with E-state index in [1.54, 1.807) is 12.1 Å². The van der Waals surface area contributed by atoms with E-state index in [0.717, 1.165) is 30.0 Å². The molecule has 0 unspecified atom stereocenters. The van der Waals surface area contributed by atoms with Crippen molar-refractivity contribution in [3.8, 4) is 5.75 Å². The van der Waals surface area contributed by atoms with Gasteiger partial charge in [0.15, 0.2) is 0 Å². The van der Waals surface area contributed by atoms with Crippen molar-refractivity contribution in [2.45, 2.75) is 4.90 Å². The second kappa shape index (κ2) is 7.73. The van der Waals surface area contributed by atoms with E-state index in [0.29, 0.717) is 11.3 Å². The van der Waals surface area contributed by atoms with Gasteiger partial charge in [0.05, 0.1) is 12.9 Å². The third-order valence-electron chi connectivity index (χ3n) is 2.86. The van der Waals surface area contributed by atoms with E-state index < -0.39 is 23.4 Å². The lowest BCUT2D eigenvalue weighted by Gasteiger charge is -2.06. The highest BCUT2D eigenvalue weighted by molar-refractivity contribution is 8.00. The molecule has 4 nitrogen and oxygen atoms in total. The summed E-state index contributed by atoms with van der Waals surface area (Å²) in [6, 6.07) is 9.19. The number of halogens is 2. The summed E-state index contributed by atoms with van der Waals surface area (Å²) >= 11 is 0.813. The quantitative estimate of drug-likeness (QED) is 0.852. The number of ether oxygens (including phenoxy) is 1. The van der Waals surface area contributed by atoms with Crippen molar-refractivity contribution in [2.24, 2.45) is 0 Å². The Bertz CT molecular complexity index is 720. The molecular weight excluding hydrogens is 324 g/mol. The molecule has 0 aliphatic heterocycles. The Morgan fingerprint density at radius 3 is 2.48 bits per heavy atom. The molecule has 0 aliphatic carbocycles. The van der Waals surface area contributed by atoms with Gasteiger partial charge in [-0.3, -0.25) is 14.9 Å². The van der Waals surface area contributed by atoms with Crippen LogP contribution in [0.4, 0.5) is 8.78 Å². The molecule has 0 radical (unpaired) electrons. The minimum atomic E-state index is -0.620. The second-order valence-electron chi connectivity index (χ2n) is 4.47. The van der Waals surface area contributed by atoms with Crippen molar-refractivity contribution in [2.75, 3.05) is 12.9 Å². The highest BCUT2D eigenvalue weighted by atomic mass is 32.2. The van der Waals surface area contributed by atoms with Gasteiger partial charge in [0.1, 0.15) is 17.4 Å². The van der Waals surface area contributed by atoms with Gasteiger partial charge in [-0.25, -0.2) is 8.78 Å². The summed E-state index contributed by atoms with van der Waals surface area (Å²) in [5.74, 6) is -2.00. The van der Waals surface area contributed by atoms with Gasteiger partial charge in [0.25, 0.3) is 5.91 Å². The second-order valence-corrected chi connectivity index (χ2v) is 5.49. The van der Waals surface area contributed by atoms with Crippen molar-refractivity contribution in [3.63, 3.8) is 0 Å². The molecular formula is C16H13F2NO3S. The Labute approximate surface area is 135 Å². The third-order valence-corrected chi connectivity index (χ3v) is 3.89. The Morgan fingerprint density at radius 1 is 1.13 bits per heavy atom. The number of methoxy groups -OCH3 is 1. The van der Waals surface area contributed by atoms with E-state index in [4.69, 9.17) is 4.74 Å². The topological polar surface area (TPSA) is 55.4 Å². The predicted molar refractivity (Wildman–Crippen MR) is 82.5 cm³/mol. The maximum Gasteiger partial charge on any atom is 0.257 e. The minimum Gasteiger partial charge on any atom is -0.497 e. The summed E-state index contributed by atoms with van der Waals surface area (Å²) in [4.78, 5) is 23.6. The van der Waals surface area contributed by atoms with Crippen LogP contribution in [0.15, 0.2) is 47.4 Å². The number of benzene rings is 2. The van der Waals surface area contributed by atoms with Crippen LogP contribution in [0.5, 0.6) is 5.75 Å². The van der Waals surface area contributed by atoms with Crippen LogP contribution in [0.1, 0.15) is 10.4 Å². The lowest BCUT2D eigenvalue weighted by Crippen LogP contribution is -2.31. The maximum absolute atomic E-state index is 13.4. The highest BCUT2D eigenvalue weighted by Crippen LogP contribution is 2.22. The lowest BCUT2D eigenvalue weighted by atomic mass is 10.2. The van der Waals surface area contributed by atoms with Crippen molar-refractivity contribution < 1.29 is 23.1 Å². The predicted octanol–water partition coefficient (Wildman–Crippen LogP) is 3.02. The molecule has 2 aromatic carbocycles. The summed E-state index contributed by atoms with van der Waals surface area (Å²) in [7, 11) is 1.50. The van der Waals surface area contributed by atoms with E-state index in [2.05, 4.69) is 5.32 Å². The molecule has 0 spiro atoms. The van der Waals surface area contributed by atoms with Gasteiger partial charge in [-0.05, 0) is 42.5 Å². The molecule has 2 amide bonds. The molecule has 0 atom stereocenters. The summed E-state index contributed by atoms with van der Waals surface area (Å²) in [6.07, 6.45) is 0. The van der Waals surface area contributed by atoms with Gasteiger partial charge in [-0.15, -0.1) is 11.8 Å². The first-order valence-electron chi connectivity index (χ1n) is 6.55. The number of rotatable bonds is 5. The number of nitrogens with one attached hydrogen (secondary N) is 1. The van der Waals surface area contributed by atoms with E-state index in [-0.39, 0.29) is 10.6 Å². The van der Waals surface area contributed by atoms with Gasteiger partial charge in [0, 0.05) is 10.5 Å². The molecule has 2 aromatic rings. The summed E-state index contributed by atoms with van der Waals surface area (Å²) in [5, 5.41) is 2.18. The summed E-state index contributed by atoms with van der Waals surface area (Å²) in [6.45, 7) is 0. The van der Waals surface area contributed by atoms with E-state index in [1.807, 2.05) is 0 Å². The number of carbonyl (C=O) groups excluding carboxylic acids is 2. The minimum absolute atomic E-state index is 0.0112. The number of hydrogen-bond donors (Lipinski definition) is 1. The van der Waals surface area contributed by atoms with Crippen LogP contribution in [0, 0.1) is 11.6 Å². The number of carbonyl (C=O) groups is 2. The smallest absolute Gasteiger partial charge is 0.257 e. The molecule has 0 bridgehead atoms. The first kappa shape index (κ1) is 17.0. The van der Waals surface area contributed by atoms with Crippen LogP contribution in [-0.2, 0) is 4.79 Å². The number of amides is 2. The van der Waals surface area contributed by atoms with Gasteiger partial charge in [-0.2, -0.15) is 0 Å². The largest absolute Gasteiger partial charge is 0.497 e. The normalized spacial score (nSPS) is 10.2. The molecule has 0 saturated heterocycles. The van der Waals surface area contributed by atoms with Crippen LogP contribution in [-0.4, -0.2) is 24.7 Å². The van der Waals surface area contributed by atoms with Gasteiger partial charge in [0.2, 0.25) is 5.91 Å². The van der Waals surface area contributed by atoms with Crippen molar-refractivity contribution in [3.05, 3.63) is 59.7 Å². The number of thioether (sulfide) groups is 1. The molecule has 7 heteroatoms. The van der Waals surface area contributed by atoms with Crippen LogP contribution in [0.3, 0.4) is 0 Å². The molecule has 1 N–H and O–H groups in total. The van der Waals surface area contributed by atoms with Crippen LogP contribution >= 0.6 is 11.8 Å². The fourth-order valence-electron chi connectivity index (χ4n) is 1.71. The van der Waals surface area contributed by atoms with Crippen molar-refractivity contribution in [1.29, 1.82) is 0 Å². The standard InChI is InChI=1S/C16H13F2NO3S/c1-22-12-5-2-10(3-6-12)16(21)19-15(20)9-23-14-8-11(17)4-7-13(14)18/h2-8H,9H2,1H3,(H,19,20,21). The average Bonchev–Trinajstić information content (AvgIpc) is 2.55. The molecule has 23 heavy (non-hydrogen) atoms. The molecule has 0 saturated carbocycles. The maximum atomic E-state index is 13.4.